The van der Waals surface area contributed by atoms with Gasteiger partial charge in [0.15, 0.2) is 0 Å². The summed E-state index contributed by atoms with van der Waals surface area (Å²) in [5.74, 6) is -0.612. The summed E-state index contributed by atoms with van der Waals surface area (Å²) in [6.45, 7) is 1.56. The second kappa shape index (κ2) is 6.93. The first-order valence-corrected chi connectivity index (χ1v) is 3.92. The number of hydroxylamine groups is 1. The molecule has 0 aromatic carbocycles. The summed E-state index contributed by atoms with van der Waals surface area (Å²) in [5, 5.41) is 8.71. The highest BCUT2D eigenvalue weighted by atomic mass is 35.5. The van der Waals surface area contributed by atoms with Crippen molar-refractivity contribution in [3.63, 3.8) is 0 Å². The fourth-order valence-electron chi connectivity index (χ4n) is 0.624. The van der Waals surface area contributed by atoms with Crippen LogP contribution in [0.3, 0.4) is 0 Å². The fraction of sp³-hybridized carbons (Fsp3) is 0.143. The van der Waals surface area contributed by atoms with Gasteiger partial charge in [-0.15, -0.1) is 0 Å². The molecule has 14 heavy (non-hydrogen) atoms. The molecule has 0 saturated heterocycles. The molecule has 0 spiro atoms. The molecule has 0 aliphatic rings. The Balaban J connectivity index is 4.50. The molecule has 0 bridgehead atoms. The number of nitrogens with one attached hydrogen (secondary N) is 3. The van der Waals surface area contributed by atoms with E-state index in [1.807, 2.05) is 10.9 Å². The van der Waals surface area contributed by atoms with Gasteiger partial charge in [-0.25, -0.2) is 0 Å². The lowest BCUT2D eigenvalue weighted by Crippen LogP contribution is -2.37. The van der Waals surface area contributed by atoms with Crippen molar-refractivity contribution in [2.45, 2.75) is 6.92 Å². The Morgan fingerprint density at radius 2 is 2.14 bits per heavy atom. The molecule has 0 rings (SSSR count). The SMILES string of the molecule is C/C(Cl)=C\C(=C/NO)C(=O)NNC=O. The van der Waals surface area contributed by atoms with E-state index in [0.29, 0.717) is 11.4 Å². The van der Waals surface area contributed by atoms with Crippen molar-refractivity contribution in [3.05, 3.63) is 22.9 Å². The Labute approximate surface area is 85.5 Å². The molecule has 0 aliphatic heterocycles. The Kier molecular flexibility index (Phi) is 6.17. The average molecular weight is 220 g/mol. The van der Waals surface area contributed by atoms with Crippen molar-refractivity contribution in [1.82, 2.24) is 16.3 Å². The van der Waals surface area contributed by atoms with Gasteiger partial charge in [0, 0.05) is 11.2 Å². The first-order valence-electron chi connectivity index (χ1n) is 3.55. The minimum absolute atomic E-state index is 0.0642. The first kappa shape index (κ1) is 12.5. The van der Waals surface area contributed by atoms with Gasteiger partial charge in [-0.2, -0.15) is 0 Å². The zero-order valence-corrected chi connectivity index (χ0v) is 8.13. The van der Waals surface area contributed by atoms with Crippen LogP contribution in [0.15, 0.2) is 22.9 Å². The van der Waals surface area contributed by atoms with Gasteiger partial charge in [-0.1, -0.05) is 11.6 Å². The van der Waals surface area contributed by atoms with E-state index in [1.54, 1.807) is 12.4 Å². The number of hydrogen-bond donors (Lipinski definition) is 4. The van der Waals surface area contributed by atoms with E-state index in [1.165, 1.54) is 6.08 Å². The van der Waals surface area contributed by atoms with Crippen molar-refractivity contribution in [2.75, 3.05) is 0 Å². The molecular formula is C7H10ClN3O3. The van der Waals surface area contributed by atoms with E-state index < -0.39 is 5.91 Å². The molecule has 7 heteroatoms. The second-order valence-electron chi connectivity index (χ2n) is 2.18. The van der Waals surface area contributed by atoms with E-state index in [2.05, 4.69) is 0 Å². The van der Waals surface area contributed by atoms with Gasteiger partial charge in [0.2, 0.25) is 6.41 Å². The van der Waals surface area contributed by atoms with Crippen LogP contribution in [0.25, 0.3) is 0 Å². The lowest BCUT2D eigenvalue weighted by atomic mass is 10.2. The molecule has 0 fully saturated rings. The summed E-state index contributed by atoms with van der Waals surface area (Å²) >= 11 is 5.53. The molecule has 6 nitrogen and oxygen atoms in total. The lowest BCUT2D eigenvalue weighted by Gasteiger charge is -2.03. The number of carbonyl (C=O) groups excluding carboxylic acids is 2. The summed E-state index contributed by atoms with van der Waals surface area (Å²) in [5.41, 5.74) is 5.75. The Morgan fingerprint density at radius 3 is 2.57 bits per heavy atom. The maximum Gasteiger partial charge on any atom is 0.271 e. The first-order chi connectivity index (χ1) is 6.61. The van der Waals surface area contributed by atoms with Gasteiger partial charge < -0.3 is 0 Å². The third-order valence-electron chi connectivity index (χ3n) is 1.08. The quantitative estimate of drug-likeness (QED) is 0.223. The Bertz CT molecular complexity index is 271. The molecule has 0 radical (unpaired) electrons. The van der Waals surface area contributed by atoms with Crippen LogP contribution in [0.5, 0.6) is 0 Å². The fourth-order valence-corrected chi connectivity index (χ4v) is 0.741. The number of amides is 2. The van der Waals surface area contributed by atoms with Gasteiger partial charge in [-0.05, 0) is 13.0 Å². The van der Waals surface area contributed by atoms with E-state index >= 15 is 0 Å². The topological polar surface area (TPSA) is 90.5 Å². The zero-order valence-electron chi connectivity index (χ0n) is 7.37. The van der Waals surface area contributed by atoms with Crippen LogP contribution in [-0.2, 0) is 9.59 Å². The molecule has 2 amide bonds. The number of halogens is 1. The molecule has 4 N–H and O–H groups in total. The third kappa shape index (κ3) is 5.18. The van der Waals surface area contributed by atoms with Crippen molar-refractivity contribution >= 4 is 23.9 Å². The molecule has 0 aliphatic carbocycles. The third-order valence-corrected chi connectivity index (χ3v) is 1.19. The van der Waals surface area contributed by atoms with Crippen LogP contribution in [0.1, 0.15) is 6.92 Å². The lowest BCUT2D eigenvalue weighted by molar-refractivity contribution is -0.121. The van der Waals surface area contributed by atoms with Crippen LogP contribution in [0.2, 0.25) is 0 Å². The largest absolute Gasteiger partial charge is 0.292 e. The molecular weight excluding hydrogens is 210 g/mol. The summed E-state index contributed by atoms with van der Waals surface area (Å²) in [4.78, 5) is 21.0. The Hall–Kier alpha value is -1.53. The number of hydrazine groups is 1. The predicted octanol–water partition coefficient (Wildman–Crippen LogP) is -0.231. The van der Waals surface area contributed by atoms with Crippen LogP contribution in [-0.4, -0.2) is 17.5 Å². The van der Waals surface area contributed by atoms with E-state index in [0.717, 1.165) is 6.20 Å². The van der Waals surface area contributed by atoms with Crippen molar-refractivity contribution in [2.24, 2.45) is 0 Å². The normalized spacial score (nSPS) is 11.9. The highest BCUT2D eigenvalue weighted by Crippen LogP contribution is 2.04. The van der Waals surface area contributed by atoms with Crippen LogP contribution in [0, 0.1) is 0 Å². The highest BCUT2D eigenvalue weighted by Gasteiger charge is 2.05. The number of carbonyl (C=O) groups is 2. The molecule has 0 aromatic heterocycles. The summed E-state index contributed by atoms with van der Waals surface area (Å²) in [6, 6.07) is 0. The molecule has 78 valence electrons. The minimum atomic E-state index is -0.612. The highest BCUT2D eigenvalue weighted by molar-refractivity contribution is 6.29. The van der Waals surface area contributed by atoms with Crippen LogP contribution < -0.4 is 16.3 Å². The summed E-state index contributed by atoms with van der Waals surface area (Å²) in [6.07, 6.45) is 2.64. The molecule has 0 saturated carbocycles. The zero-order chi connectivity index (χ0) is 11.0. The Morgan fingerprint density at radius 1 is 1.50 bits per heavy atom. The van der Waals surface area contributed by atoms with Crippen molar-refractivity contribution in [3.8, 4) is 0 Å². The van der Waals surface area contributed by atoms with E-state index in [9.17, 15) is 9.59 Å². The number of rotatable bonds is 5. The molecule has 0 atom stereocenters. The maximum absolute atomic E-state index is 11.2. The second-order valence-corrected chi connectivity index (χ2v) is 2.77. The van der Waals surface area contributed by atoms with Crippen molar-refractivity contribution in [1.29, 1.82) is 0 Å². The standard InChI is InChI=1S/C7H10ClN3O3/c1-5(8)2-6(3-10-14)7(13)11-9-4-12/h2-4,10,14H,1H3,(H,9,12)(H,11,13)/b5-2+,6-3+. The predicted molar refractivity (Wildman–Crippen MR) is 50.0 cm³/mol. The number of hydrogen-bond acceptors (Lipinski definition) is 4. The van der Waals surface area contributed by atoms with Gasteiger partial charge >= 0.3 is 0 Å². The molecule has 0 unspecified atom stereocenters. The van der Waals surface area contributed by atoms with Gasteiger partial charge in [-0.3, -0.25) is 31.1 Å². The van der Waals surface area contributed by atoms with E-state index in [4.69, 9.17) is 16.8 Å². The smallest absolute Gasteiger partial charge is 0.271 e. The number of allylic oxidation sites excluding steroid dienone is 1. The van der Waals surface area contributed by atoms with Crippen LogP contribution >= 0.6 is 11.6 Å². The average Bonchev–Trinajstić information content (AvgIpc) is 2.13. The van der Waals surface area contributed by atoms with Gasteiger partial charge in [0.1, 0.15) is 0 Å². The minimum Gasteiger partial charge on any atom is -0.292 e. The summed E-state index contributed by atoms with van der Waals surface area (Å²) < 4.78 is 0. The van der Waals surface area contributed by atoms with Crippen LogP contribution in [0.4, 0.5) is 0 Å². The maximum atomic E-state index is 11.2. The monoisotopic (exact) mass is 219 g/mol. The van der Waals surface area contributed by atoms with E-state index in [-0.39, 0.29) is 5.57 Å². The molecule has 0 aromatic rings. The van der Waals surface area contributed by atoms with Gasteiger partial charge in [0.05, 0.1) is 5.57 Å². The van der Waals surface area contributed by atoms with Gasteiger partial charge in [0.25, 0.3) is 5.91 Å². The molecule has 0 heterocycles. The van der Waals surface area contributed by atoms with Crippen molar-refractivity contribution < 1.29 is 14.8 Å². The summed E-state index contributed by atoms with van der Waals surface area (Å²) in [7, 11) is 0.